The first-order chi connectivity index (χ1) is 8.00. The summed E-state index contributed by atoms with van der Waals surface area (Å²) in [6.45, 7) is 4.18. The summed E-state index contributed by atoms with van der Waals surface area (Å²) in [6, 6.07) is 0.542. The molecule has 1 aromatic rings. The van der Waals surface area contributed by atoms with Gasteiger partial charge in [-0.25, -0.2) is 0 Å². The normalized spacial score (nSPS) is 25.0. The van der Waals surface area contributed by atoms with Gasteiger partial charge in [0.15, 0.2) is 5.69 Å². The third-order valence-electron chi connectivity index (χ3n) is 3.49. The molecule has 0 saturated carbocycles. The molecule has 1 aromatic heterocycles. The number of anilines is 1. The second-order valence-corrected chi connectivity index (χ2v) is 4.95. The fourth-order valence-electron chi connectivity index (χ4n) is 2.62. The lowest BCUT2D eigenvalue weighted by molar-refractivity contribution is 0.0505. The van der Waals surface area contributed by atoms with E-state index in [1.807, 2.05) is 4.90 Å². The van der Waals surface area contributed by atoms with Crippen LogP contribution in [0, 0.1) is 0 Å². The van der Waals surface area contributed by atoms with Crippen LogP contribution in [0.15, 0.2) is 6.20 Å². The van der Waals surface area contributed by atoms with Crippen molar-refractivity contribution in [3.63, 3.8) is 0 Å². The highest BCUT2D eigenvalue weighted by atomic mass is 16.2. The molecule has 0 bridgehead atoms. The molecule has 17 heavy (non-hydrogen) atoms. The Kier molecular flexibility index (Phi) is 3.09. The zero-order chi connectivity index (χ0) is 12.6. The second kappa shape index (κ2) is 4.39. The van der Waals surface area contributed by atoms with E-state index in [-0.39, 0.29) is 18.0 Å². The van der Waals surface area contributed by atoms with Gasteiger partial charge in [0.1, 0.15) is 0 Å². The van der Waals surface area contributed by atoms with Crippen LogP contribution in [0.3, 0.4) is 0 Å². The van der Waals surface area contributed by atoms with Crippen molar-refractivity contribution in [1.29, 1.82) is 0 Å². The van der Waals surface area contributed by atoms with Gasteiger partial charge in [0.2, 0.25) is 0 Å². The summed E-state index contributed by atoms with van der Waals surface area (Å²) in [4.78, 5) is 14.3. The number of carbonyl (C=O) groups excluding carboxylic acids is 1. The molecule has 1 saturated heterocycles. The third kappa shape index (κ3) is 2.14. The lowest BCUT2D eigenvalue weighted by Crippen LogP contribution is -2.47. The first-order valence-corrected chi connectivity index (χ1v) is 6.12. The number of aromatic nitrogens is 2. The van der Waals surface area contributed by atoms with E-state index < -0.39 is 0 Å². The molecular formula is C12H20N4O. The fourth-order valence-corrected chi connectivity index (χ4v) is 2.62. The van der Waals surface area contributed by atoms with Crippen molar-refractivity contribution < 1.29 is 4.79 Å². The molecule has 2 unspecified atom stereocenters. The van der Waals surface area contributed by atoms with Gasteiger partial charge < -0.3 is 10.6 Å². The minimum absolute atomic E-state index is 0.0391. The number of carbonyl (C=O) groups is 1. The average molecular weight is 236 g/mol. The highest BCUT2D eigenvalue weighted by Gasteiger charge is 2.31. The molecule has 5 heteroatoms. The maximum atomic E-state index is 12.4. The Balaban J connectivity index is 2.27. The number of hydrogen-bond donors (Lipinski definition) is 1. The lowest BCUT2D eigenvalue weighted by atomic mass is 9.97. The predicted octanol–water partition coefficient (Wildman–Crippen LogP) is 1.41. The number of hydrogen-bond acceptors (Lipinski definition) is 3. The maximum absolute atomic E-state index is 12.4. The summed E-state index contributed by atoms with van der Waals surface area (Å²) >= 11 is 0. The molecule has 2 atom stereocenters. The van der Waals surface area contributed by atoms with E-state index in [2.05, 4.69) is 18.9 Å². The van der Waals surface area contributed by atoms with Crippen LogP contribution in [-0.4, -0.2) is 32.7 Å². The number of likely N-dealkylation sites (tertiary alicyclic amines) is 1. The maximum Gasteiger partial charge on any atom is 0.276 e. The van der Waals surface area contributed by atoms with Crippen LogP contribution in [0.5, 0.6) is 0 Å². The van der Waals surface area contributed by atoms with Crippen LogP contribution in [0.25, 0.3) is 0 Å². The largest absolute Gasteiger partial charge is 0.396 e. The number of nitrogens with zero attached hydrogens (tertiary/aromatic N) is 3. The summed E-state index contributed by atoms with van der Waals surface area (Å²) in [7, 11) is 1.77. The van der Waals surface area contributed by atoms with Gasteiger partial charge >= 0.3 is 0 Å². The van der Waals surface area contributed by atoms with E-state index in [0.717, 1.165) is 12.8 Å². The van der Waals surface area contributed by atoms with E-state index in [9.17, 15) is 4.79 Å². The average Bonchev–Trinajstić information content (AvgIpc) is 2.57. The Morgan fingerprint density at radius 2 is 2.00 bits per heavy atom. The molecule has 2 heterocycles. The van der Waals surface area contributed by atoms with Crippen LogP contribution < -0.4 is 5.73 Å². The number of amides is 1. The lowest BCUT2D eigenvalue weighted by Gasteiger charge is -2.38. The molecule has 5 nitrogen and oxygen atoms in total. The van der Waals surface area contributed by atoms with Crippen molar-refractivity contribution in [2.75, 3.05) is 5.73 Å². The molecule has 2 N–H and O–H groups in total. The van der Waals surface area contributed by atoms with Crippen LogP contribution in [0.4, 0.5) is 5.69 Å². The summed E-state index contributed by atoms with van der Waals surface area (Å²) in [5, 5.41) is 4.15. The van der Waals surface area contributed by atoms with Crippen LogP contribution in [0.2, 0.25) is 0 Å². The van der Waals surface area contributed by atoms with Crippen molar-refractivity contribution in [2.45, 2.75) is 45.2 Å². The first-order valence-electron chi connectivity index (χ1n) is 6.12. The summed E-state index contributed by atoms with van der Waals surface area (Å²) < 4.78 is 1.59. The summed E-state index contributed by atoms with van der Waals surface area (Å²) in [6.07, 6.45) is 4.97. The van der Waals surface area contributed by atoms with E-state index in [0.29, 0.717) is 11.4 Å². The van der Waals surface area contributed by atoms with E-state index in [4.69, 9.17) is 5.73 Å². The molecule has 1 aliphatic heterocycles. The Bertz CT molecular complexity index is 416. The zero-order valence-electron chi connectivity index (χ0n) is 10.7. The summed E-state index contributed by atoms with van der Waals surface area (Å²) in [5.41, 5.74) is 6.65. The predicted molar refractivity (Wildman–Crippen MR) is 66.6 cm³/mol. The minimum Gasteiger partial charge on any atom is -0.396 e. The number of piperidine rings is 1. The standard InChI is InChI=1S/C12H20N4O/c1-8-5-4-6-9(2)16(8)12(17)11-10(13)7-15(3)14-11/h7-9H,4-6,13H2,1-3H3. The number of nitrogens with two attached hydrogens (primary N) is 1. The van der Waals surface area contributed by atoms with Crippen LogP contribution in [0.1, 0.15) is 43.6 Å². The Morgan fingerprint density at radius 1 is 1.41 bits per heavy atom. The number of aryl methyl sites for hydroxylation is 1. The highest BCUT2D eigenvalue weighted by Crippen LogP contribution is 2.25. The molecule has 0 aromatic carbocycles. The number of nitrogen functional groups attached to an aromatic ring is 1. The minimum atomic E-state index is -0.0391. The van der Waals surface area contributed by atoms with Crippen molar-refractivity contribution in [3.8, 4) is 0 Å². The topological polar surface area (TPSA) is 64.2 Å². The molecule has 0 spiro atoms. The van der Waals surface area contributed by atoms with Crippen molar-refractivity contribution >= 4 is 11.6 Å². The highest BCUT2D eigenvalue weighted by molar-refractivity contribution is 5.97. The molecule has 94 valence electrons. The van der Waals surface area contributed by atoms with Crippen molar-refractivity contribution in [1.82, 2.24) is 14.7 Å². The SMILES string of the molecule is CC1CCCC(C)N1C(=O)c1nn(C)cc1N. The Labute approximate surface area is 102 Å². The smallest absolute Gasteiger partial charge is 0.276 e. The quantitative estimate of drug-likeness (QED) is 0.801. The van der Waals surface area contributed by atoms with Gasteiger partial charge in [-0.2, -0.15) is 5.10 Å². The van der Waals surface area contributed by atoms with E-state index in [1.165, 1.54) is 6.42 Å². The van der Waals surface area contributed by atoms with E-state index >= 15 is 0 Å². The Morgan fingerprint density at radius 3 is 2.47 bits per heavy atom. The zero-order valence-corrected chi connectivity index (χ0v) is 10.7. The van der Waals surface area contributed by atoms with Gasteiger partial charge in [-0.05, 0) is 33.1 Å². The molecule has 0 aliphatic carbocycles. The third-order valence-corrected chi connectivity index (χ3v) is 3.49. The first kappa shape index (κ1) is 12.0. The number of rotatable bonds is 1. The molecule has 1 aliphatic rings. The van der Waals surface area contributed by atoms with Gasteiger partial charge in [0.05, 0.1) is 5.69 Å². The van der Waals surface area contributed by atoms with Crippen LogP contribution >= 0.6 is 0 Å². The van der Waals surface area contributed by atoms with E-state index in [1.54, 1.807) is 17.9 Å². The van der Waals surface area contributed by atoms with Gasteiger partial charge in [0.25, 0.3) is 5.91 Å². The van der Waals surface area contributed by atoms with Crippen molar-refractivity contribution in [3.05, 3.63) is 11.9 Å². The van der Waals surface area contributed by atoms with Gasteiger partial charge in [-0.3, -0.25) is 9.48 Å². The molecular weight excluding hydrogens is 216 g/mol. The van der Waals surface area contributed by atoms with Gasteiger partial charge in [-0.1, -0.05) is 0 Å². The monoisotopic (exact) mass is 236 g/mol. The van der Waals surface area contributed by atoms with Crippen molar-refractivity contribution in [2.24, 2.45) is 7.05 Å². The fraction of sp³-hybridized carbons (Fsp3) is 0.667. The molecule has 1 amide bonds. The second-order valence-electron chi connectivity index (χ2n) is 4.95. The van der Waals surface area contributed by atoms with Gasteiger partial charge in [0, 0.05) is 25.3 Å². The molecule has 2 rings (SSSR count). The molecule has 1 fully saturated rings. The van der Waals surface area contributed by atoms with Gasteiger partial charge in [-0.15, -0.1) is 0 Å². The molecule has 0 radical (unpaired) electrons. The Hall–Kier alpha value is -1.52. The summed E-state index contributed by atoms with van der Waals surface area (Å²) in [5.74, 6) is -0.0391. The van der Waals surface area contributed by atoms with Crippen LogP contribution in [-0.2, 0) is 7.05 Å².